The van der Waals surface area contributed by atoms with Crippen molar-refractivity contribution in [1.82, 2.24) is 14.9 Å². The number of hydrogen-bond donors (Lipinski definition) is 2. The zero-order valence-corrected chi connectivity index (χ0v) is 18.9. The smallest absolute Gasteiger partial charge is 0.475 e. The zero-order valence-electron chi connectivity index (χ0n) is 18.9. The molecule has 0 aliphatic carbocycles. The minimum absolute atomic E-state index is 0.0662. The minimum atomic E-state index is -5.08. The van der Waals surface area contributed by atoms with Gasteiger partial charge in [0.1, 0.15) is 0 Å². The Balaban J connectivity index is 0.000000271. The number of rotatable bonds is 2. The number of likely N-dealkylation sites (tertiary alicyclic amines) is 1. The molecule has 4 heterocycles. The molecule has 9 nitrogen and oxygen atoms in total. The largest absolute Gasteiger partial charge is 0.490 e. The zero-order chi connectivity index (χ0) is 27.1. The van der Waals surface area contributed by atoms with Crippen LogP contribution in [-0.2, 0) is 14.3 Å². The van der Waals surface area contributed by atoms with Crippen LogP contribution in [0.15, 0.2) is 12.4 Å². The molecule has 36 heavy (non-hydrogen) atoms. The molecule has 0 saturated carbocycles. The van der Waals surface area contributed by atoms with Gasteiger partial charge in [-0.15, -0.1) is 0 Å². The molecule has 0 bridgehead atoms. The SMILES string of the molecule is Fc1cnc(N2CC[C@@]3(C[C@@H](N4CCCC4)CCO3)C2)nc1.O=C(O)C(F)(F)F.O=C(O)C(F)(F)F. The molecular formula is C20H25F7N4O5. The highest BCUT2D eigenvalue weighted by Crippen LogP contribution is 2.37. The molecule has 3 saturated heterocycles. The first-order valence-electron chi connectivity index (χ1n) is 10.8. The van der Waals surface area contributed by atoms with Gasteiger partial charge in [-0.3, -0.25) is 0 Å². The van der Waals surface area contributed by atoms with Gasteiger partial charge in [0.2, 0.25) is 5.95 Å². The number of hydrogen-bond acceptors (Lipinski definition) is 7. The van der Waals surface area contributed by atoms with Crippen molar-refractivity contribution in [2.24, 2.45) is 0 Å². The summed E-state index contributed by atoms with van der Waals surface area (Å²) < 4.78 is 82.6. The molecular weight excluding hydrogens is 509 g/mol. The fraction of sp³-hybridized carbons (Fsp3) is 0.700. The first-order valence-corrected chi connectivity index (χ1v) is 10.8. The van der Waals surface area contributed by atoms with Crippen LogP contribution in [0.25, 0.3) is 0 Å². The maximum absolute atomic E-state index is 13.0. The molecule has 2 N–H and O–H groups in total. The number of aliphatic carboxylic acids is 2. The summed E-state index contributed by atoms with van der Waals surface area (Å²) in [6, 6.07) is 0.658. The second-order valence-electron chi connectivity index (χ2n) is 8.40. The lowest BCUT2D eigenvalue weighted by Crippen LogP contribution is -2.49. The Morgan fingerprint density at radius 1 is 0.972 bits per heavy atom. The van der Waals surface area contributed by atoms with E-state index in [0.717, 1.165) is 39.0 Å². The van der Waals surface area contributed by atoms with Crippen LogP contribution in [0.5, 0.6) is 0 Å². The number of anilines is 1. The van der Waals surface area contributed by atoms with Gasteiger partial charge in [0.15, 0.2) is 5.82 Å². The Hall–Kier alpha value is -2.75. The van der Waals surface area contributed by atoms with Gasteiger partial charge in [-0.05, 0) is 45.2 Å². The maximum Gasteiger partial charge on any atom is 0.490 e. The fourth-order valence-corrected chi connectivity index (χ4v) is 4.19. The minimum Gasteiger partial charge on any atom is -0.475 e. The summed E-state index contributed by atoms with van der Waals surface area (Å²) in [6.45, 7) is 5.04. The van der Waals surface area contributed by atoms with Crippen LogP contribution in [0.4, 0.5) is 36.7 Å². The second-order valence-corrected chi connectivity index (χ2v) is 8.40. The van der Waals surface area contributed by atoms with Crippen LogP contribution in [0, 0.1) is 5.82 Å². The van der Waals surface area contributed by atoms with Gasteiger partial charge in [0, 0.05) is 25.7 Å². The highest BCUT2D eigenvalue weighted by molar-refractivity contribution is 5.73. The molecule has 4 rings (SSSR count). The number of halogens is 7. The Bertz CT molecular complexity index is 855. The molecule has 1 spiro atoms. The van der Waals surface area contributed by atoms with Gasteiger partial charge in [0.05, 0.1) is 18.0 Å². The highest BCUT2D eigenvalue weighted by Gasteiger charge is 2.45. The number of carboxylic acids is 2. The Labute approximate surface area is 200 Å². The molecule has 204 valence electrons. The Morgan fingerprint density at radius 2 is 1.47 bits per heavy atom. The number of carboxylic acid groups (broad SMARTS) is 2. The number of alkyl halides is 6. The van der Waals surface area contributed by atoms with Crippen molar-refractivity contribution in [3.8, 4) is 0 Å². The molecule has 1 aromatic heterocycles. The molecule has 0 unspecified atom stereocenters. The van der Waals surface area contributed by atoms with Gasteiger partial charge >= 0.3 is 24.3 Å². The van der Waals surface area contributed by atoms with Crippen LogP contribution in [0.1, 0.15) is 32.1 Å². The summed E-state index contributed by atoms with van der Waals surface area (Å²) in [4.78, 5) is 30.8. The summed E-state index contributed by atoms with van der Waals surface area (Å²) in [6.07, 6.45) is -1.76. The topological polar surface area (TPSA) is 116 Å². The maximum atomic E-state index is 13.0. The third-order valence-corrected chi connectivity index (χ3v) is 5.81. The van der Waals surface area contributed by atoms with Gasteiger partial charge in [0.25, 0.3) is 0 Å². The van der Waals surface area contributed by atoms with E-state index in [1.165, 1.54) is 38.3 Å². The Kier molecular flexibility index (Phi) is 9.82. The van der Waals surface area contributed by atoms with E-state index in [1.54, 1.807) is 0 Å². The van der Waals surface area contributed by atoms with E-state index in [2.05, 4.69) is 19.8 Å². The van der Waals surface area contributed by atoms with E-state index < -0.39 is 24.3 Å². The quantitative estimate of drug-likeness (QED) is 0.553. The molecule has 0 amide bonds. The van der Waals surface area contributed by atoms with Crippen molar-refractivity contribution in [3.05, 3.63) is 18.2 Å². The lowest BCUT2D eigenvalue weighted by Gasteiger charge is -2.41. The number of aromatic nitrogens is 2. The standard InChI is InChI=1S/C16H23FN4O.2C2HF3O2/c17-13-10-18-15(19-11-13)21-7-4-16(12-21)9-14(3-8-22-16)20-5-1-2-6-20;2*3-2(4,5)1(6)7/h10-11,14H,1-9,12H2;2*(H,6,7)/t14-,16+;;/m0../s1. The van der Waals surface area contributed by atoms with Crippen molar-refractivity contribution < 1.29 is 55.3 Å². The predicted octanol–water partition coefficient (Wildman–Crippen LogP) is 3.11. The third kappa shape index (κ3) is 8.72. The van der Waals surface area contributed by atoms with Gasteiger partial charge in [-0.25, -0.2) is 23.9 Å². The molecule has 1 aromatic rings. The van der Waals surface area contributed by atoms with Crippen molar-refractivity contribution in [3.63, 3.8) is 0 Å². The van der Waals surface area contributed by atoms with Crippen LogP contribution in [0.2, 0.25) is 0 Å². The van der Waals surface area contributed by atoms with Crippen molar-refractivity contribution in [2.45, 2.75) is 56.1 Å². The molecule has 3 fully saturated rings. The summed E-state index contributed by atoms with van der Waals surface area (Å²) in [5.41, 5.74) is -0.0662. The first-order chi connectivity index (χ1) is 16.6. The summed E-state index contributed by atoms with van der Waals surface area (Å²) >= 11 is 0. The van der Waals surface area contributed by atoms with E-state index in [0.29, 0.717) is 12.0 Å². The van der Waals surface area contributed by atoms with E-state index in [-0.39, 0.29) is 11.4 Å². The van der Waals surface area contributed by atoms with Crippen LogP contribution < -0.4 is 4.90 Å². The van der Waals surface area contributed by atoms with Crippen LogP contribution >= 0.6 is 0 Å². The average Bonchev–Trinajstić information content (AvgIpc) is 3.45. The summed E-state index contributed by atoms with van der Waals surface area (Å²) in [5, 5.41) is 14.2. The lowest BCUT2D eigenvalue weighted by molar-refractivity contribution is -0.193. The van der Waals surface area contributed by atoms with Gasteiger partial charge in [-0.1, -0.05) is 0 Å². The van der Waals surface area contributed by atoms with E-state index in [9.17, 15) is 30.7 Å². The van der Waals surface area contributed by atoms with Crippen molar-refractivity contribution in [2.75, 3.05) is 37.7 Å². The van der Waals surface area contributed by atoms with E-state index in [4.69, 9.17) is 24.5 Å². The summed E-state index contributed by atoms with van der Waals surface area (Å²) in [5.74, 6) is -5.29. The van der Waals surface area contributed by atoms with E-state index >= 15 is 0 Å². The lowest BCUT2D eigenvalue weighted by atomic mass is 9.89. The Morgan fingerprint density at radius 3 is 1.94 bits per heavy atom. The van der Waals surface area contributed by atoms with Crippen molar-refractivity contribution >= 4 is 17.9 Å². The summed E-state index contributed by atoms with van der Waals surface area (Å²) in [7, 11) is 0. The van der Waals surface area contributed by atoms with Crippen molar-refractivity contribution in [1.29, 1.82) is 0 Å². The molecule has 2 atom stereocenters. The third-order valence-electron chi connectivity index (χ3n) is 5.81. The average molecular weight is 534 g/mol. The molecule has 16 heteroatoms. The normalized spacial score (nSPS) is 24.5. The fourth-order valence-electron chi connectivity index (χ4n) is 4.19. The molecule has 3 aliphatic heterocycles. The molecule has 0 aromatic carbocycles. The molecule has 0 radical (unpaired) electrons. The predicted molar refractivity (Wildman–Crippen MR) is 109 cm³/mol. The van der Waals surface area contributed by atoms with Gasteiger partial charge < -0.3 is 24.7 Å². The van der Waals surface area contributed by atoms with E-state index in [1.807, 2.05) is 0 Å². The van der Waals surface area contributed by atoms with Crippen LogP contribution in [-0.4, -0.2) is 93.8 Å². The number of nitrogens with zero attached hydrogens (tertiary/aromatic N) is 4. The second kappa shape index (κ2) is 12.0. The monoisotopic (exact) mass is 534 g/mol. The number of carbonyl (C=O) groups is 2. The number of ether oxygens (including phenoxy) is 1. The molecule has 3 aliphatic rings. The van der Waals surface area contributed by atoms with Gasteiger partial charge in [-0.2, -0.15) is 26.3 Å². The highest BCUT2D eigenvalue weighted by atomic mass is 19.4. The van der Waals surface area contributed by atoms with Crippen LogP contribution in [0.3, 0.4) is 0 Å². The first kappa shape index (κ1) is 29.5.